The Morgan fingerprint density at radius 3 is 2.84 bits per heavy atom. The lowest BCUT2D eigenvalue weighted by Gasteiger charge is -2.32. The average Bonchev–Trinajstić information content (AvgIpc) is 2.46. The van der Waals surface area contributed by atoms with Gasteiger partial charge in [0.2, 0.25) is 0 Å². The summed E-state index contributed by atoms with van der Waals surface area (Å²) in [5.74, 6) is 2.30. The Morgan fingerprint density at radius 1 is 1.21 bits per heavy atom. The number of thioether (sulfide) groups is 2. The molecule has 0 bridgehead atoms. The van der Waals surface area contributed by atoms with Crippen LogP contribution < -0.4 is 0 Å². The van der Waals surface area contributed by atoms with Crippen LogP contribution in [0, 0.1) is 0 Å². The van der Waals surface area contributed by atoms with Crippen LogP contribution in [-0.4, -0.2) is 32.1 Å². The van der Waals surface area contributed by atoms with Gasteiger partial charge >= 0.3 is 0 Å². The van der Waals surface area contributed by atoms with E-state index >= 15 is 0 Å². The molecule has 1 fully saturated rings. The summed E-state index contributed by atoms with van der Waals surface area (Å²) in [5, 5.41) is 12.6. The fourth-order valence-corrected chi connectivity index (χ4v) is 5.36. The van der Waals surface area contributed by atoms with Gasteiger partial charge in [-0.2, -0.15) is 23.5 Å². The zero-order valence-electron chi connectivity index (χ0n) is 10.8. The van der Waals surface area contributed by atoms with Crippen LogP contribution in [-0.2, 0) is 0 Å². The van der Waals surface area contributed by atoms with Crippen LogP contribution in [0.25, 0.3) is 10.9 Å². The molecule has 1 aliphatic heterocycles. The van der Waals surface area contributed by atoms with E-state index in [0.29, 0.717) is 5.25 Å². The third-order valence-electron chi connectivity index (χ3n) is 3.53. The number of aliphatic hydroxyl groups is 1. The van der Waals surface area contributed by atoms with Gasteiger partial charge in [0.15, 0.2) is 0 Å². The molecule has 1 aliphatic rings. The number of hydrogen-bond donors (Lipinski definition) is 1. The number of para-hydroxylation sites is 1. The summed E-state index contributed by atoms with van der Waals surface area (Å²) in [6.45, 7) is 2.21. The van der Waals surface area contributed by atoms with Gasteiger partial charge in [-0.05, 0) is 6.07 Å². The third-order valence-corrected chi connectivity index (χ3v) is 6.71. The van der Waals surface area contributed by atoms with Gasteiger partial charge in [0.05, 0.1) is 11.6 Å². The third kappa shape index (κ3) is 2.62. The quantitative estimate of drug-likeness (QED) is 0.918. The number of nitrogens with zero attached hydrogens (tertiary/aromatic N) is 1. The summed E-state index contributed by atoms with van der Waals surface area (Å²) in [6, 6.07) is 10.0. The predicted molar refractivity (Wildman–Crippen MR) is 84.9 cm³/mol. The maximum atomic E-state index is 10.7. The van der Waals surface area contributed by atoms with Gasteiger partial charge in [-0.3, -0.25) is 4.98 Å². The number of benzene rings is 1. The second kappa shape index (κ2) is 5.73. The standard InChI is InChI=1S/C15H17NOS2/c1-10-15(19-9-8-18-10)14(17)12-6-2-4-11-5-3-7-16-13(11)12/h2-7,10,14-15,17H,8-9H2,1H3. The van der Waals surface area contributed by atoms with E-state index in [1.54, 1.807) is 6.20 Å². The lowest BCUT2D eigenvalue weighted by atomic mass is 10.0. The maximum Gasteiger partial charge on any atom is 0.0940 e. The SMILES string of the molecule is CC1SCCSC1C(O)c1cccc2cccnc12. The molecule has 3 unspecified atom stereocenters. The molecule has 2 aromatic rings. The molecule has 0 amide bonds. The summed E-state index contributed by atoms with van der Waals surface area (Å²) >= 11 is 3.84. The molecule has 3 rings (SSSR count). The van der Waals surface area contributed by atoms with E-state index in [0.717, 1.165) is 22.2 Å². The molecule has 0 radical (unpaired) electrons. The zero-order valence-corrected chi connectivity index (χ0v) is 12.5. The van der Waals surface area contributed by atoms with Gasteiger partial charge in [-0.15, -0.1) is 0 Å². The van der Waals surface area contributed by atoms with Crippen LogP contribution >= 0.6 is 23.5 Å². The minimum Gasteiger partial charge on any atom is -0.387 e. The number of fused-ring (bicyclic) bond motifs is 1. The first-order chi connectivity index (χ1) is 9.27. The highest BCUT2D eigenvalue weighted by Crippen LogP contribution is 2.39. The van der Waals surface area contributed by atoms with Crippen molar-refractivity contribution < 1.29 is 5.11 Å². The van der Waals surface area contributed by atoms with Gasteiger partial charge in [0.1, 0.15) is 0 Å². The Hall–Kier alpha value is -0.710. The molecule has 3 atom stereocenters. The molecule has 1 saturated heterocycles. The van der Waals surface area contributed by atoms with E-state index in [1.807, 2.05) is 53.9 Å². The Bertz CT molecular complexity index is 570. The highest BCUT2D eigenvalue weighted by atomic mass is 32.2. The second-order valence-corrected chi connectivity index (χ2v) is 7.55. The number of aliphatic hydroxyl groups excluding tert-OH is 1. The zero-order chi connectivity index (χ0) is 13.2. The van der Waals surface area contributed by atoms with Crippen molar-refractivity contribution in [1.82, 2.24) is 4.98 Å². The molecule has 19 heavy (non-hydrogen) atoms. The van der Waals surface area contributed by atoms with Crippen LogP contribution in [0.3, 0.4) is 0 Å². The molecule has 4 heteroatoms. The minimum atomic E-state index is -0.439. The summed E-state index contributed by atoms with van der Waals surface area (Å²) in [7, 11) is 0. The highest BCUT2D eigenvalue weighted by Gasteiger charge is 2.31. The van der Waals surface area contributed by atoms with Crippen LogP contribution in [0.15, 0.2) is 36.5 Å². The lowest BCUT2D eigenvalue weighted by Crippen LogP contribution is -2.29. The van der Waals surface area contributed by atoms with Gasteiger partial charge in [-0.1, -0.05) is 31.2 Å². The van der Waals surface area contributed by atoms with Gasteiger partial charge in [0.25, 0.3) is 0 Å². The number of pyridine rings is 1. The maximum absolute atomic E-state index is 10.7. The van der Waals surface area contributed by atoms with E-state index in [4.69, 9.17) is 0 Å². The topological polar surface area (TPSA) is 33.1 Å². The molecule has 2 heterocycles. The Balaban J connectivity index is 1.99. The van der Waals surface area contributed by atoms with E-state index in [1.165, 1.54) is 5.75 Å². The van der Waals surface area contributed by atoms with E-state index in [-0.39, 0.29) is 5.25 Å². The molecule has 1 N–H and O–H groups in total. The second-order valence-electron chi connectivity index (χ2n) is 4.78. The summed E-state index contributed by atoms with van der Waals surface area (Å²) in [4.78, 5) is 4.45. The normalized spacial score (nSPS) is 25.4. The largest absolute Gasteiger partial charge is 0.387 e. The first-order valence-corrected chi connectivity index (χ1v) is 8.62. The molecule has 0 saturated carbocycles. The number of rotatable bonds is 2. The first-order valence-electron chi connectivity index (χ1n) is 6.52. The van der Waals surface area contributed by atoms with Crippen LogP contribution in [0.2, 0.25) is 0 Å². The van der Waals surface area contributed by atoms with E-state index in [9.17, 15) is 5.11 Å². The molecule has 1 aromatic carbocycles. The van der Waals surface area contributed by atoms with Crippen molar-refractivity contribution in [2.75, 3.05) is 11.5 Å². The fraction of sp³-hybridized carbons (Fsp3) is 0.400. The lowest BCUT2D eigenvalue weighted by molar-refractivity contribution is 0.175. The van der Waals surface area contributed by atoms with Crippen molar-refractivity contribution in [3.63, 3.8) is 0 Å². The van der Waals surface area contributed by atoms with Gasteiger partial charge < -0.3 is 5.11 Å². The number of hydrogen-bond acceptors (Lipinski definition) is 4. The monoisotopic (exact) mass is 291 g/mol. The van der Waals surface area contributed by atoms with Crippen molar-refractivity contribution in [2.24, 2.45) is 0 Å². The van der Waals surface area contributed by atoms with Crippen molar-refractivity contribution in [3.05, 3.63) is 42.1 Å². The average molecular weight is 291 g/mol. The summed E-state index contributed by atoms with van der Waals surface area (Å²) in [6.07, 6.45) is 1.36. The van der Waals surface area contributed by atoms with Crippen molar-refractivity contribution in [1.29, 1.82) is 0 Å². The van der Waals surface area contributed by atoms with Crippen molar-refractivity contribution in [3.8, 4) is 0 Å². The summed E-state index contributed by atoms with van der Waals surface area (Å²) < 4.78 is 0. The fourth-order valence-electron chi connectivity index (χ4n) is 2.54. The van der Waals surface area contributed by atoms with Crippen molar-refractivity contribution >= 4 is 34.4 Å². The smallest absolute Gasteiger partial charge is 0.0940 e. The molecular formula is C15H17NOS2. The van der Waals surface area contributed by atoms with Crippen LogP contribution in [0.5, 0.6) is 0 Å². The van der Waals surface area contributed by atoms with Crippen LogP contribution in [0.4, 0.5) is 0 Å². The Kier molecular flexibility index (Phi) is 4.01. The van der Waals surface area contributed by atoms with Crippen molar-refractivity contribution in [2.45, 2.75) is 23.5 Å². The predicted octanol–water partition coefficient (Wildman–Crippen LogP) is 3.51. The summed E-state index contributed by atoms with van der Waals surface area (Å²) in [5.41, 5.74) is 1.89. The molecular weight excluding hydrogens is 274 g/mol. The van der Waals surface area contributed by atoms with E-state index < -0.39 is 6.10 Å². The molecule has 0 spiro atoms. The van der Waals surface area contributed by atoms with Crippen LogP contribution in [0.1, 0.15) is 18.6 Å². The first kappa shape index (κ1) is 13.3. The molecule has 2 nitrogen and oxygen atoms in total. The van der Waals surface area contributed by atoms with Gasteiger partial charge in [-0.25, -0.2) is 0 Å². The number of aromatic nitrogens is 1. The Morgan fingerprint density at radius 2 is 2.00 bits per heavy atom. The van der Waals surface area contributed by atoms with Gasteiger partial charge in [0, 0.05) is 39.2 Å². The molecule has 0 aliphatic carbocycles. The van der Waals surface area contributed by atoms with E-state index in [2.05, 4.69) is 11.9 Å². The molecule has 100 valence electrons. The minimum absolute atomic E-state index is 0.256. The molecule has 1 aromatic heterocycles. The highest BCUT2D eigenvalue weighted by molar-refractivity contribution is 8.07. The Labute approximate surface area is 122 Å².